The molecule has 0 aromatic carbocycles. The van der Waals surface area contributed by atoms with Crippen LogP contribution in [0.15, 0.2) is 0 Å². The third kappa shape index (κ3) is 36.6. The number of esters is 12. The molecule has 72 heavy (non-hydrogen) atoms. The summed E-state index contributed by atoms with van der Waals surface area (Å²) in [5, 5.41) is 0. The molecule has 0 aliphatic heterocycles. The molecule has 24 nitrogen and oxygen atoms in total. The zero-order chi connectivity index (χ0) is 55.1. The first-order valence-electron chi connectivity index (χ1n) is 23.5. The number of rotatable bonds is 35. The van der Waals surface area contributed by atoms with E-state index in [1.54, 1.807) is 0 Å². The Hall–Kier alpha value is -6.36. The van der Waals surface area contributed by atoms with Gasteiger partial charge in [0.05, 0.1) is 13.2 Å². The molecule has 10 unspecified atom stereocenters. The van der Waals surface area contributed by atoms with Gasteiger partial charge in [-0.2, -0.15) is 0 Å². The van der Waals surface area contributed by atoms with E-state index >= 15 is 0 Å². The minimum atomic E-state index is -1.22. The van der Waals surface area contributed by atoms with Crippen molar-refractivity contribution in [1.82, 2.24) is 0 Å². The number of ether oxygens (including phenoxy) is 12. The normalized spacial score (nSPS) is 15.0. The van der Waals surface area contributed by atoms with Gasteiger partial charge in [-0.3, -0.25) is 57.5 Å². The van der Waals surface area contributed by atoms with Crippen molar-refractivity contribution in [2.45, 2.75) is 221 Å². The van der Waals surface area contributed by atoms with E-state index in [0.717, 1.165) is 62.3 Å². The quantitative estimate of drug-likeness (QED) is 0.0490. The van der Waals surface area contributed by atoms with Crippen LogP contribution in [0.5, 0.6) is 0 Å². The first kappa shape index (κ1) is 65.6. The van der Waals surface area contributed by atoms with E-state index in [1.807, 2.05) is 0 Å². The predicted molar refractivity (Wildman–Crippen MR) is 244 cm³/mol. The topological polar surface area (TPSA) is 316 Å². The molecule has 0 aromatic heterocycles. The molecule has 0 heterocycles. The lowest BCUT2D eigenvalue weighted by Crippen LogP contribution is -2.38. The summed E-state index contributed by atoms with van der Waals surface area (Å²) in [6, 6.07) is 0. The van der Waals surface area contributed by atoms with E-state index < -0.39 is 133 Å². The lowest BCUT2D eigenvalue weighted by Gasteiger charge is -2.32. The molecule has 0 fully saturated rings. The highest BCUT2D eigenvalue weighted by Gasteiger charge is 2.35. The van der Waals surface area contributed by atoms with Gasteiger partial charge in [0.1, 0.15) is 61.0 Å². The number of hydrogen-bond acceptors (Lipinski definition) is 24. The van der Waals surface area contributed by atoms with Crippen molar-refractivity contribution < 1.29 is 114 Å². The molecule has 0 spiro atoms. The summed E-state index contributed by atoms with van der Waals surface area (Å²) >= 11 is 0. The van der Waals surface area contributed by atoms with Crippen molar-refractivity contribution in [2.75, 3.05) is 13.2 Å². The highest BCUT2D eigenvalue weighted by atomic mass is 16.6. The zero-order valence-electron chi connectivity index (χ0n) is 43.5. The van der Waals surface area contributed by atoms with E-state index in [2.05, 4.69) is 0 Å². The van der Waals surface area contributed by atoms with Crippen LogP contribution >= 0.6 is 0 Å². The second kappa shape index (κ2) is 35.7. The van der Waals surface area contributed by atoms with Crippen molar-refractivity contribution in [3.8, 4) is 0 Å². The molecule has 0 aromatic rings. The Bertz CT molecular complexity index is 1810. The molecule has 0 saturated carbocycles. The molecule has 0 saturated heterocycles. The van der Waals surface area contributed by atoms with Gasteiger partial charge in [0.2, 0.25) is 0 Å². The fourth-order valence-electron chi connectivity index (χ4n) is 7.84. The van der Waals surface area contributed by atoms with Gasteiger partial charge in [0, 0.05) is 147 Å². The standard InChI is InChI=1S/C48H74O24/c1-27(49)61-16-13-14-39(63-29(3)51)18-41(65-31(5)53)20-43(67-33(7)55)22-45(69-35(9)57)24-47(71-37(11)59)26-48(72-38(12)60)25-46(70-36(10)58)23-44(68-34(8)56)21-42(66-32(6)54)19-40(64-30(4)52)15-17-62-28(2)50/h39-48H,13-26H2,1-12H3. The monoisotopic (exact) mass is 1030 g/mol. The molecular formula is C48H74O24. The Kier molecular flexibility index (Phi) is 32.5. The van der Waals surface area contributed by atoms with E-state index in [0.29, 0.717) is 0 Å². The Balaban J connectivity index is 6.94. The number of hydrogen-bond donors (Lipinski definition) is 0. The molecule has 0 radical (unpaired) electrons. The third-order valence-electron chi connectivity index (χ3n) is 9.78. The van der Waals surface area contributed by atoms with Crippen LogP contribution in [0, 0.1) is 0 Å². The van der Waals surface area contributed by atoms with Gasteiger partial charge in [-0.1, -0.05) is 0 Å². The van der Waals surface area contributed by atoms with Crippen LogP contribution in [0.2, 0.25) is 0 Å². The number of carbonyl (C=O) groups excluding carboxylic acids is 12. The van der Waals surface area contributed by atoms with Crippen LogP contribution in [0.3, 0.4) is 0 Å². The molecule has 10 atom stereocenters. The van der Waals surface area contributed by atoms with Crippen LogP contribution in [-0.2, 0) is 114 Å². The highest BCUT2D eigenvalue weighted by molar-refractivity contribution is 5.70. The second-order valence-corrected chi connectivity index (χ2v) is 17.0. The van der Waals surface area contributed by atoms with Gasteiger partial charge < -0.3 is 56.8 Å². The lowest BCUT2D eigenvalue weighted by atomic mass is 9.93. The van der Waals surface area contributed by atoms with Crippen molar-refractivity contribution in [3.63, 3.8) is 0 Å². The molecular weight excluding hydrogens is 961 g/mol. The minimum Gasteiger partial charge on any atom is -0.466 e. The summed E-state index contributed by atoms with van der Waals surface area (Å²) in [5.41, 5.74) is 0. The first-order valence-corrected chi connectivity index (χ1v) is 23.5. The van der Waals surface area contributed by atoms with Crippen LogP contribution in [0.25, 0.3) is 0 Å². The SMILES string of the molecule is CC(=O)OCCCC(CC(CC(CC(CC(CC(CC(CC(CC(CC(CCOC(C)=O)OC(C)=O)OC(C)=O)OC(C)=O)OC(C)=O)OC(C)=O)OC(C)=O)OC(C)=O)OC(C)=O)OC(C)=O)OC(C)=O. The molecule has 0 amide bonds. The second-order valence-electron chi connectivity index (χ2n) is 17.0. The van der Waals surface area contributed by atoms with Crippen molar-refractivity contribution in [2.24, 2.45) is 0 Å². The maximum absolute atomic E-state index is 12.6. The summed E-state index contributed by atoms with van der Waals surface area (Å²) in [6.07, 6.45) is -12.5. The summed E-state index contributed by atoms with van der Waals surface area (Å²) in [6.45, 7) is 13.5. The van der Waals surface area contributed by atoms with Crippen molar-refractivity contribution in [1.29, 1.82) is 0 Å². The summed E-state index contributed by atoms with van der Waals surface area (Å²) in [5.74, 6) is -8.60. The summed E-state index contributed by atoms with van der Waals surface area (Å²) < 4.78 is 65.6. The largest absolute Gasteiger partial charge is 0.466 e. The van der Waals surface area contributed by atoms with E-state index in [9.17, 15) is 57.5 Å². The van der Waals surface area contributed by atoms with Crippen LogP contribution < -0.4 is 0 Å². The minimum absolute atomic E-state index is 0.0212. The predicted octanol–water partition coefficient (Wildman–Crippen LogP) is 4.11. The maximum atomic E-state index is 12.6. The van der Waals surface area contributed by atoms with Gasteiger partial charge in [0.25, 0.3) is 0 Å². The van der Waals surface area contributed by atoms with Crippen LogP contribution in [0.4, 0.5) is 0 Å². The lowest BCUT2D eigenvalue weighted by molar-refractivity contribution is -0.163. The van der Waals surface area contributed by atoms with E-state index in [4.69, 9.17) is 56.8 Å². The summed E-state index contributed by atoms with van der Waals surface area (Å²) in [7, 11) is 0. The van der Waals surface area contributed by atoms with Crippen LogP contribution in [0.1, 0.15) is 160 Å². The van der Waals surface area contributed by atoms with Gasteiger partial charge in [-0.15, -0.1) is 0 Å². The smallest absolute Gasteiger partial charge is 0.302 e. The maximum Gasteiger partial charge on any atom is 0.302 e. The highest BCUT2D eigenvalue weighted by Crippen LogP contribution is 2.28. The molecule has 24 heteroatoms. The van der Waals surface area contributed by atoms with Crippen LogP contribution in [-0.4, -0.2) is 146 Å². The van der Waals surface area contributed by atoms with Gasteiger partial charge >= 0.3 is 71.6 Å². The fraction of sp³-hybridized carbons (Fsp3) is 0.750. The Morgan fingerprint density at radius 1 is 0.222 bits per heavy atom. The number of carbonyl (C=O) groups is 12. The Morgan fingerprint density at radius 3 is 0.583 bits per heavy atom. The molecule has 0 aliphatic rings. The van der Waals surface area contributed by atoms with Gasteiger partial charge in [-0.05, 0) is 12.8 Å². The molecule has 0 rings (SSSR count). The van der Waals surface area contributed by atoms with Crippen molar-refractivity contribution >= 4 is 71.6 Å². The van der Waals surface area contributed by atoms with Gasteiger partial charge in [-0.25, -0.2) is 0 Å². The van der Waals surface area contributed by atoms with E-state index in [1.165, 1.54) is 20.8 Å². The average Bonchev–Trinajstić information content (AvgIpc) is 3.16. The molecule has 0 bridgehead atoms. The molecule has 410 valence electrons. The summed E-state index contributed by atoms with van der Waals surface area (Å²) in [4.78, 5) is 146. The molecule has 0 aliphatic carbocycles. The molecule has 0 N–H and O–H groups in total. The van der Waals surface area contributed by atoms with E-state index in [-0.39, 0.29) is 90.3 Å². The van der Waals surface area contributed by atoms with Gasteiger partial charge in [0.15, 0.2) is 0 Å². The Labute approximate surface area is 419 Å². The average molecular weight is 1040 g/mol. The Morgan fingerprint density at radius 2 is 0.389 bits per heavy atom. The fourth-order valence-corrected chi connectivity index (χ4v) is 7.84. The van der Waals surface area contributed by atoms with Crippen molar-refractivity contribution in [3.05, 3.63) is 0 Å². The zero-order valence-corrected chi connectivity index (χ0v) is 43.5. The third-order valence-corrected chi connectivity index (χ3v) is 9.78. The first-order chi connectivity index (χ1) is 33.5.